The fourth-order valence-electron chi connectivity index (χ4n) is 3.57. The van der Waals surface area contributed by atoms with Crippen LogP contribution in [0.15, 0.2) is 54.6 Å². The molecule has 0 amide bonds. The molecule has 0 radical (unpaired) electrons. The minimum Gasteiger partial charge on any atom is -0.360 e. The van der Waals surface area contributed by atoms with Gasteiger partial charge in [0.1, 0.15) is 6.04 Å². The van der Waals surface area contributed by atoms with Crippen molar-refractivity contribution in [2.75, 3.05) is 0 Å². The lowest BCUT2D eigenvalue weighted by Crippen LogP contribution is -2.27. The third-order valence-electron chi connectivity index (χ3n) is 4.77. The number of nitrogens with zero attached hydrogens (tertiary/aromatic N) is 1. The van der Waals surface area contributed by atoms with Gasteiger partial charge in [0.25, 0.3) is 0 Å². The van der Waals surface area contributed by atoms with Crippen LogP contribution in [0.25, 0.3) is 0 Å². The number of ketones is 1. The Morgan fingerprint density at radius 1 is 1.11 bits per heavy atom. The minimum absolute atomic E-state index is 0.0291. The first kappa shape index (κ1) is 19.8. The molecule has 0 bridgehead atoms. The van der Waals surface area contributed by atoms with E-state index in [1.165, 1.54) is 5.06 Å². The molecule has 2 N–H and O–H groups in total. The molecule has 0 aliphatic carbocycles. The second-order valence-corrected chi connectivity index (χ2v) is 8.00. The van der Waals surface area contributed by atoms with E-state index in [1.54, 1.807) is 6.92 Å². The highest BCUT2D eigenvalue weighted by molar-refractivity contribution is 14.1. The van der Waals surface area contributed by atoms with Crippen molar-refractivity contribution in [2.45, 2.75) is 33.4 Å². The van der Waals surface area contributed by atoms with Crippen molar-refractivity contribution in [3.05, 3.63) is 91.8 Å². The SMILES string of the molecule is CC(=O)c1c(C)[nH]c(C(c2ccc(I)cc2)N(O)Cc2ccccc2)c1C. The molecule has 0 fully saturated rings. The molecule has 2 aromatic carbocycles. The maximum absolute atomic E-state index is 12.1. The third kappa shape index (κ3) is 4.31. The van der Waals surface area contributed by atoms with Gasteiger partial charge in [0.15, 0.2) is 5.78 Å². The number of aryl methyl sites for hydroxylation is 1. The van der Waals surface area contributed by atoms with Crippen molar-refractivity contribution in [1.29, 1.82) is 0 Å². The summed E-state index contributed by atoms with van der Waals surface area (Å²) in [5.41, 5.74) is 5.25. The molecule has 0 aliphatic rings. The lowest BCUT2D eigenvalue weighted by Gasteiger charge is -2.27. The number of hydrogen-bond donors (Lipinski definition) is 2. The van der Waals surface area contributed by atoms with Crippen LogP contribution in [0.2, 0.25) is 0 Å². The van der Waals surface area contributed by atoms with Gasteiger partial charge in [-0.3, -0.25) is 4.79 Å². The van der Waals surface area contributed by atoms with Crippen LogP contribution in [0.4, 0.5) is 0 Å². The zero-order valence-corrected chi connectivity index (χ0v) is 17.8. The van der Waals surface area contributed by atoms with E-state index in [4.69, 9.17) is 0 Å². The van der Waals surface area contributed by atoms with Crippen molar-refractivity contribution in [1.82, 2.24) is 10.0 Å². The fourth-order valence-corrected chi connectivity index (χ4v) is 3.93. The summed E-state index contributed by atoms with van der Waals surface area (Å²) in [7, 11) is 0. The maximum atomic E-state index is 12.1. The van der Waals surface area contributed by atoms with E-state index in [2.05, 4.69) is 27.6 Å². The highest BCUT2D eigenvalue weighted by Gasteiger charge is 2.27. The standard InChI is InChI=1S/C22H23IN2O2/c1-14-20(16(3)26)15(2)24-21(14)22(18-9-11-19(23)12-10-18)25(27)13-17-7-5-4-6-8-17/h4-12,22,24,27H,13H2,1-3H3. The van der Waals surface area contributed by atoms with Gasteiger partial charge in [-0.05, 0) is 72.2 Å². The molecule has 140 valence electrons. The molecular formula is C22H23IN2O2. The maximum Gasteiger partial charge on any atom is 0.161 e. The first-order valence-corrected chi connectivity index (χ1v) is 9.91. The molecule has 0 saturated carbocycles. The van der Waals surface area contributed by atoms with Crippen molar-refractivity contribution in [3.8, 4) is 0 Å². The van der Waals surface area contributed by atoms with Crippen molar-refractivity contribution < 1.29 is 10.0 Å². The average molecular weight is 474 g/mol. The molecule has 0 aliphatic heterocycles. The van der Waals surface area contributed by atoms with Crippen LogP contribution in [0.1, 0.15) is 51.4 Å². The topological polar surface area (TPSA) is 56.3 Å². The monoisotopic (exact) mass is 474 g/mol. The molecule has 0 spiro atoms. The molecule has 4 nitrogen and oxygen atoms in total. The second kappa shape index (κ2) is 8.37. The van der Waals surface area contributed by atoms with Crippen molar-refractivity contribution in [3.63, 3.8) is 0 Å². The number of rotatable bonds is 6. The Morgan fingerprint density at radius 2 is 1.74 bits per heavy atom. The van der Waals surface area contributed by atoms with Gasteiger partial charge in [-0.1, -0.05) is 42.5 Å². The molecule has 1 heterocycles. The Balaban J connectivity index is 2.06. The van der Waals surface area contributed by atoms with Crippen molar-refractivity contribution >= 4 is 28.4 Å². The van der Waals surface area contributed by atoms with Gasteiger partial charge in [-0.2, -0.15) is 5.06 Å². The number of aromatic nitrogens is 1. The van der Waals surface area contributed by atoms with Gasteiger partial charge in [-0.15, -0.1) is 0 Å². The lowest BCUT2D eigenvalue weighted by molar-refractivity contribution is -0.126. The summed E-state index contributed by atoms with van der Waals surface area (Å²) >= 11 is 2.27. The van der Waals surface area contributed by atoms with E-state index in [0.717, 1.165) is 31.6 Å². The summed E-state index contributed by atoms with van der Waals surface area (Å²) in [4.78, 5) is 15.4. The highest BCUT2D eigenvalue weighted by Crippen LogP contribution is 2.33. The number of H-pyrrole nitrogens is 1. The van der Waals surface area contributed by atoms with Gasteiger partial charge in [0.05, 0.1) is 0 Å². The van der Waals surface area contributed by atoms with Gasteiger partial charge in [0, 0.05) is 27.1 Å². The summed E-state index contributed by atoms with van der Waals surface area (Å²) in [6.45, 7) is 5.79. The molecule has 1 atom stereocenters. The predicted octanol–water partition coefficient (Wildman–Crippen LogP) is 5.42. The van der Waals surface area contributed by atoms with Gasteiger partial charge >= 0.3 is 0 Å². The minimum atomic E-state index is -0.394. The van der Waals surface area contributed by atoms with Gasteiger partial charge < -0.3 is 10.2 Å². The number of carbonyl (C=O) groups is 1. The van der Waals surface area contributed by atoms with E-state index in [1.807, 2.05) is 68.4 Å². The number of nitrogens with one attached hydrogen (secondary N) is 1. The van der Waals surface area contributed by atoms with E-state index in [9.17, 15) is 10.0 Å². The fraction of sp³-hybridized carbons (Fsp3) is 0.227. The van der Waals surface area contributed by atoms with E-state index in [-0.39, 0.29) is 5.78 Å². The Labute approximate surface area is 173 Å². The van der Waals surface area contributed by atoms with Crippen LogP contribution in [0, 0.1) is 17.4 Å². The van der Waals surface area contributed by atoms with Crippen molar-refractivity contribution in [2.24, 2.45) is 0 Å². The molecule has 5 heteroatoms. The van der Waals surface area contributed by atoms with E-state index in [0.29, 0.717) is 12.1 Å². The Morgan fingerprint density at radius 3 is 2.30 bits per heavy atom. The number of benzene rings is 2. The van der Waals surface area contributed by atoms with Crippen LogP contribution < -0.4 is 0 Å². The Bertz CT molecular complexity index is 933. The number of halogens is 1. The van der Waals surface area contributed by atoms with E-state index < -0.39 is 6.04 Å². The normalized spacial score (nSPS) is 12.4. The summed E-state index contributed by atoms with van der Waals surface area (Å²) < 4.78 is 1.13. The van der Waals surface area contributed by atoms with Crippen LogP contribution in [0.3, 0.4) is 0 Å². The summed E-state index contributed by atoms with van der Waals surface area (Å²) in [6, 6.07) is 17.5. The van der Waals surface area contributed by atoms with Crippen LogP contribution in [-0.4, -0.2) is 21.0 Å². The summed E-state index contributed by atoms with van der Waals surface area (Å²) in [5.74, 6) is 0.0291. The summed E-state index contributed by atoms with van der Waals surface area (Å²) in [5, 5.41) is 12.4. The zero-order valence-electron chi connectivity index (χ0n) is 15.7. The highest BCUT2D eigenvalue weighted by atomic mass is 127. The van der Waals surface area contributed by atoms with Crippen LogP contribution in [0.5, 0.6) is 0 Å². The molecule has 3 rings (SSSR count). The number of Topliss-reactive ketones (excluding diaryl/α,β-unsaturated/α-hetero) is 1. The number of hydrogen-bond acceptors (Lipinski definition) is 3. The van der Waals surface area contributed by atoms with Gasteiger partial charge in [0.2, 0.25) is 0 Å². The van der Waals surface area contributed by atoms with Crippen LogP contribution in [-0.2, 0) is 6.54 Å². The third-order valence-corrected chi connectivity index (χ3v) is 5.49. The quantitative estimate of drug-likeness (QED) is 0.285. The smallest absolute Gasteiger partial charge is 0.161 e. The molecule has 0 saturated heterocycles. The molecular weight excluding hydrogens is 451 g/mol. The largest absolute Gasteiger partial charge is 0.360 e. The van der Waals surface area contributed by atoms with E-state index >= 15 is 0 Å². The first-order valence-electron chi connectivity index (χ1n) is 8.83. The average Bonchev–Trinajstić information content (AvgIpc) is 2.92. The second-order valence-electron chi connectivity index (χ2n) is 6.76. The zero-order chi connectivity index (χ0) is 19.6. The lowest BCUT2D eigenvalue weighted by atomic mass is 9.98. The predicted molar refractivity (Wildman–Crippen MR) is 115 cm³/mol. The number of carbonyl (C=O) groups excluding carboxylic acids is 1. The number of aromatic amines is 1. The van der Waals surface area contributed by atoms with Gasteiger partial charge in [-0.25, -0.2) is 0 Å². The molecule has 27 heavy (non-hydrogen) atoms. The molecule has 1 unspecified atom stereocenters. The van der Waals surface area contributed by atoms with Crippen LogP contribution >= 0.6 is 22.6 Å². The Hall–Kier alpha value is -1.96. The molecule has 3 aromatic rings. The first-order chi connectivity index (χ1) is 12.9. The number of hydroxylamine groups is 2. The Kier molecular flexibility index (Phi) is 6.14. The summed E-state index contributed by atoms with van der Waals surface area (Å²) in [6.07, 6.45) is 0. The molecule has 1 aromatic heterocycles.